The van der Waals surface area contributed by atoms with Crippen molar-refractivity contribution in [1.29, 1.82) is 0 Å². The fraction of sp³-hybridized carbons (Fsp3) is 0.389. The Hall–Kier alpha value is -2.76. The van der Waals surface area contributed by atoms with Gasteiger partial charge in [-0.1, -0.05) is 28.4 Å². The van der Waals surface area contributed by atoms with E-state index in [0.29, 0.717) is 11.8 Å². The predicted molar refractivity (Wildman–Crippen MR) is 112 cm³/mol. The molecule has 17 heteroatoms. The minimum atomic E-state index is -5.51. The summed E-state index contributed by atoms with van der Waals surface area (Å²) in [5, 5.41) is 2.61. The summed E-state index contributed by atoms with van der Waals surface area (Å²) in [6.45, 7) is 0.164. The van der Waals surface area contributed by atoms with Crippen molar-refractivity contribution in [2.24, 2.45) is 0 Å². The second-order valence-corrected chi connectivity index (χ2v) is 9.50. The fourth-order valence-corrected chi connectivity index (χ4v) is 4.94. The lowest BCUT2D eigenvalue weighted by molar-refractivity contribution is -0.199. The minimum absolute atomic E-state index is 0.0724. The molecule has 1 aliphatic rings. The Bertz CT molecular complexity index is 1180. The van der Waals surface area contributed by atoms with Gasteiger partial charge >= 0.3 is 22.4 Å². The number of ether oxygens (including phenoxy) is 1. The van der Waals surface area contributed by atoms with E-state index in [0.717, 1.165) is 23.5 Å². The van der Waals surface area contributed by atoms with Crippen LogP contribution in [0.25, 0.3) is 0 Å². The number of nitrogens with one attached hydrogen (secondary N) is 1. The highest BCUT2D eigenvalue weighted by Crippen LogP contribution is 2.30. The van der Waals surface area contributed by atoms with Crippen LogP contribution in [0.15, 0.2) is 29.4 Å². The van der Waals surface area contributed by atoms with Gasteiger partial charge in [0.1, 0.15) is 0 Å². The summed E-state index contributed by atoms with van der Waals surface area (Å²) >= 11 is 0.711. The van der Waals surface area contributed by atoms with Crippen molar-refractivity contribution in [3.63, 3.8) is 0 Å². The molecule has 0 unspecified atom stereocenters. The fourth-order valence-electron chi connectivity index (χ4n) is 2.78. The maximum Gasteiger partial charge on any atom is 0.493 e. The molecule has 1 aliphatic heterocycles. The number of hydrogen-bond donors (Lipinski definition) is 1. The smallest absolute Gasteiger partial charge is 0.481 e. The summed E-state index contributed by atoms with van der Waals surface area (Å²) < 4.78 is 97.9. The van der Waals surface area contributed by atoms with E-state index in [1.54, 1.807) is 0 Å². The van der Waals surface area contributed by atoms with Gasteiger partial charge in [0.25, 0.3) is 0 Å². The molecule has 1 saturated heterocycles. The van der Waals surface area contributed by atoms with Crippen LogP contribution in [-0.2, 0) is 25.6 Å². The lowest BCUT2D eigenvalue weighted by atomic mass is 10.2. The summed E-state index contributed by atoms with van der Waals surface area (Å²) in [6.07, 6.45) is -5.51. The Balaban J connectivity index is 1.99. The molecule has 0 radical (unpaired) electrons. The number of halogens is 5. The molecule has 192 valence electrons. The molecule has 0 aliphatic carbocycles. The SMILES string of the molecule is COc1cc(N(OC(=O)C(F)(F)F)S(=O)(=O)N2CCNCC2)nc(SCc2cccc(F)c2F)n1. The average molecular weight is 543 g/mol. The molecule has 1 aromatic carbocycles. The van der Waals surface area contributed by atoms with Gasteiger partial charge in [-0.05, 0) is 6.07 Å². The summed E-state index contributed by atoms with van der Waals surface area (Å²) in [4.78, 5) is 23.6. The summed E-state index contributed by atoms with van der Waals surface area (Å²) in [5.74, 6) is -6.29. The van der Waals surface area contributed by atoms with Crippen LogP contribution in [0.1, 0.15) is 5.56 Å². The van der Waals surface area contributed by atoms with E-state index < -0.39 is 39.8 Å². The van der Waals surface area contributed by atoms with Crippen LogP contribution < -0.4 is 14.5 Å². The van der Waals surface area contributed by atoms with Gasteiger partial charge in [-0.15, -0.1) is 0 Å². The normalized spacial score (nSPS) is 15.0. The number of methoxy groups -OCH3 is 1. The molecule has 1 aromatic heterocycles. The third-order valence-electron chi connectivity index (χ3n) is 4.46. The number of alkyl halides is 3. The van der Waals surface area contributed by atoms with Crippen LogP contribution in [0.2, 0.25) is 0 Å². The highest BCUT2D eigenvalue weighted by atomic mass is 32.2. The lowest BCUT2D eigenvalue weighted by Gasteiger charge is -2.31. The van der Waals surface area contributed by atoms with Crippen molar-refractivity contribution in [1.82, 2.24) is 19.6 Å². The highest BCUT2D eigenvalue weighted by molar-refractivity contribution is 7.98. The quantitative estimate of drug-likeness (QED) is 0.231. The van der Waals surface area contributed by atoms with Gasteiger partial charge in [-0.25, -0.2) is 18.6 Å². The van der Waals surface area contributed by atoms with E-state index in [-0.39, 0.29) is 53.0 Å². The molecule has 0 atom stereocenters. The van der Waals surface area contributed by atoms with Crippen LogP contribution in [0.5, 0.6) is 5.88 Å². The Morgan fingerprint density at radius 2 is 1.91 bits per heavy atom. The number of benzene rings is 1. The van der Waals surface area contributed by atoms with Crippen molar-refractivity contribution in [2.45, 2.75) is 17.1 Å². The zero-order valence-corrected chi connectivity index (χ0v) is 19.5. The first-order valence-corrected chi connectivity index (χ1v) is 12.1. The van der Waals surface area contributed by atoms with E-state index in [4.69, 9.17) is 4.74 Å². The van der Waals surface area contributed by atoms with Gasteiger partial charge < -0.3 is 14.9 Å². The lowest BCUT2D eigenvalue weighted by Crippen LogP contribution is -2.53. The monoisotopic (exact) mass is 543 g/mol. The largest absolute Gasteiger partial charge is 0.493 e. The number of hydrogen-bond acceptors (Lipinski definition) is 9. The summed E-state index contributed by atoms with van der Waals surface area (Å²) in [7, 11) is -3.69. The Kier molecular flexibility index (Phi) is 8.34. The maximum absolute atomic E-state index is 14.0. The first-order chi connectivity index (χ1) is 16.4. The molecule has 0 saturated carbocycles. The Labute approximate surface area is 200 Å². The average Bonchev–Trinajstić information content (AvgIpc) is 2.82. The molecule has 0 bridgehead atoms. The molecular formula is C18H18F5N5O5S2. The zero-order valence-electron chi connectivity index (χ0n) is 17.9. The van der Waals surface area contributed by atoms with E-state index in [1.165, 1.54) is 12.1 Å². The van der Waals surface area contributed by atoms with Crippen LogP contribution in [0.3, 0.4) is 0 Å². The Morgan fingerprint density at radius 1 is 1.23 bits per heavy atom. The topological polar surface area (TPSA) is 114 Å². The number of anilines is 1. The number of nitrogens with zero attached hydrogens (tertiary/aromatic N) is 4. The van der Waals surface area contributed by atoms with Crippen LogP contribution in [-0.4, -0.2) is 68.1 Å². The van der Waals surface area contributed by atoms with Gasteiger partial charge in [0.2, 0.25) is 5.88 Å². The zero-order chi connectivity index (χ0) is 25.8. The molecule has 10 nitrogen and oxygen atoms in total. The van der Waals surface area contributed by atoms with Gasteiger partial charge in [0, 0.05) is 43.6 Å². The molecule has 2 aromatic rings. The molecule has 2 heterocycles. The second-order valence-electron chi connectivity index (χ2n) is 6.81. The standard InChI is InChI=1S/C18H18F5N5O5S2/c1-32-14-9-13(25-17(26-14)34-10-11-3-2-4-12(19)15(11)20)28(33-16(29)18(21,22)23)35(30,31)27-7-5-24-6-8-27/h2-4,9,24H,5-8,10H2,1H3. The summed E-state index contributed by atoms with van der Waals surface area (Å²) in [6, 6.07) is 4.32. The van der Waals surface area contributed by atoms with E-state index in [1.807, 2.05) is 0 Å². The maximum atomic E-state index is 14.0. The number of thioether (sulfide) groups is 1. The van der Waals surface area contributed by atoms with Crippen molar-refractivity contribution < 1.29 is 44.7 Å². The molecular weight excluding hydrogens is 525 g/mol. The van der Waals surface area contributed by atoms with Crippen LogP contribution >= 0.6 is 11.8 Å². The predicted octanol–water partition coefficient (Wildman–Crippen LogP) is 2.03. The first-order valence-electron chi connectivity index (χ1n) is 9.72. The van der Waals surface area contributed by atoms with E-state index >= 15 is 0 Å². The number of aromatic nitrogens is 2. The Morgan fingerprint density at radius 3 is 2.54 bits per heavy atom. The molecule has 3 rings (SSSR count). The number of piperazine rings is 1. The first kappa shape index (κ1) is 26.8. The third-order valence-corrected chi connectivity index (χ3v) is 7.06. The molecule has 0 spiro atoms. The van der Waals surface area contributed by atoms with Crippen molar-refractivity contribution in [3.8, 4) is 5.88 Å². The van der Waals surface area contributed by atoms with Crippen molar-refractivity contribution in [3.05, 3.63) is 41.5 Å². The van der Waals surface area contributed by atoms with E-state index in [9.17, 15) is 35.2 Å². The van der Waals surface area contributed by atoms with Gasteiger partial charge in [-0.3, -0.25) is 0 Å². The minimum Gasteiger partial charge on any atom is -0.481 e. The highest BCUT2D eigenvalue weighted by Gasteiger charge is 2.46. The molecule has 35 heavy (non-hydrogen) atoms. The molecule has 1 N–H and O–H groups in total. The van der Waals surface area contributed by atoms with Gasteiger partial charge in [0.05, 0.1) is 7.11 Å². The number of rotatable bonds is 8. The second kappa shape index (κ2) is 10.9. The van der Waals surface area contributed by atoms with Gasteiger partial charge in [0.15, 0.2) is 22.6 Å². The van der Waals surface area contributed by atoms with Crippen LogP contribution in [0.4, 0.5) is 27.8 Å². The van der Waals surface area contributed by atoms with Crippen LogP contribution in [0, 0.1) is 11.6 Å². The summed E-state index contributed by atoms with van der Waals surface area (Å²) in [5.41, 5.74) is -0.0724. The molecule has 0 amide bonds. The third kappa shape index (κ3) is 6.47. The number of carbonyl (C=O) groups excluding carboxylic acids is 1. The van der Waals surface area contributed by atoms with Gasteiger partial charge in [-0.2, -0.15) is 30.9 Å². The molecule has 1 fully saturated rings. The van der Waals surface area contributed by atoms with E-state index in [2.05, 4.69) is 20.1 Å². The number of carbonyl (C=O) groups is 1. The van der Waals surface area contributed by atoms with Crippen molar-refractivity contribution >= 4 is 33.8 Å². The van der Waals surface area contributed by atoms with Crippen molar-refractivity contribution in [2.75, 3.05) is 37.8 Å².